The number of halogens is 1. The van der Waals surface area contributed by atoms with Crippen LogP contribution in [0.1, 0.15) is 30.9 Å². The van der Waals surface area contributed by atoms with E-state index >= 15 is 0 Å². The van der Waals surface area contributed by atoms with Gasteiger partial charge >= 0.3 is 0 Å². The SMILES string of the molecule is CCC1CCN(Cc2ccc(C#N)cc2F)C1. The van der Waals surface area contributed by atoms with Gasteiger partial charge in [0.1, 0.15) is 5.82 Å². The third-order valence-electron chi connectivity index (χ3n) is 3.52. The summed E-state index contributed by atoms with van der Waals surface area (Å²) >= 11 is 0. The number of benzene rings is 1. The zero-order valence-electron chi connectivity index (χ0n) is 10.1. The molecule has 2 nitrogen and oxygen atoms in total. The van der Waals surface area contributed by atoms with E-state index in [4.69, 9.17) is 5.26 Å². The Hall–Kier alpha value is -1.40. The van der Waals surface area contributed by atoms with Crippen molar-refractivity contribution in [1.29, 1.82) is 5.26 Å². The second kappa shape index (κ2) is 5.29. The molecular formula is C14H17FN2. The highest BCUT2D eigenvalue weighted by atomic mass is 19.1. The van der Waals surface area contributed by atoms with Crippen LogP contribution in [-0.2, 0) is 6.54 Å². The number of hydrogen-bond donors (Lipinski definition) is 0. The summed E-state index contributed by atoms with van der Waals surface area (Å²) < 4.78 is 13.7. The first-order valence-electron chi connectivity index (χ1n) is 6.13. The molecule has 1 aromatic carbocycles. The van der Waals surface area contributed by atoms with Crippen molar-refractivity contribution >= 4 is 0 Å². The average Bonchev–Trinajstić information content (AvgIpc) is 2.79. The molecule has 0 radical (unpaired) electrons. The highest BCUT2D eigenvalue weighted by molar-refractivity contribution is 5.32. The second-order valence-electron chi connectivity index (χ2n) is 4.72. The van der Waals surface area contributed by atoms with Gasteiger partial charge in [-0.15, -0.1) is 0 Å². The Kier molecular flexibility index (Phi) is 3.75. The molecular weight excluding hydrogens is 215 g/mol. The summed E-state index contributed by atoms with van der Waals surface area (Å²) in [5, 5.41) is 8.68. The van der Waals surface area contributed by atoms with Gasteiger partial charge in [0.2, 0.25) is 0 Å². The summed E-state index contributed by atoms with van der Waals surface area (Å²) in [5.74, 6) is 0.500. The Bertz CT molecular complexity index is 436. The fraction of sp³-hybridized carbons (Fsp3) is 0.500. The molecule has 90 valence electrons. The quantitative estimate of drug-likeness (QED) is 0.801. The molecule has 1 heterocycles. The van der Waals surface area contributed by atoms with Crippen molar-refractivity contribution in [2.45, 2.75) is 26.3 Å². The minimum absolute atomic E-state index is 0.260. The lowest BCUT2D eigenvalue weighted by Gasteiger charge is -2.16. The number of likely N-dealkylation sites (tertiary alicyclic amines) is 1. The van der Waals surface area contributed by atoms with Gasteiger partial charge in [-0.2, -0.15) is 5.26 Å². The van der Waals surface area contributed by atoms with Gasteiger partial charge in [0, 0.05) is 18.7 Å². The first kappa shape index (κ1) is 12.1. The third kappa shape index (κ3) is 2.83. The minimum Gasteiger partial charge on any atom is -0.299 e. The molecule has 1 unspecified atom stereocenters. The largest absolute Gasteiger partial charge is 0.299 e. The van der Waals surface area contributed by atoms with Crippen molar-refractivity contribution in [3.63, 3.8) is 0 Å². The summed E-state index contributed by atoms with van der Waals surface area (Å²) in [6.45, 7) is 4.98. The molecule has 3 heteroatoms. The standard InChI is InChI=1S/C14H17FN2/c1-2-11-5-6-17(9-11)10-13-4-3-12(8-16)7-14(13)15/h3-4,7,11H,2,5-6,9-10H2,1H3. The van der Waals surface area contributed by atoms with Crippen LogP contribution >= 0.6 is 0 Å². The Balaban J connectivity index is 2.02. The van der Waals surface area contributed by atoms with Crippen molar-refractivity contribution in [2.75, 3.05) is 13.1 Å². The van der Waals surface area contributed by atoms with Crippen molar-refractivity contribution in [2.24, 2.45) is 5.92 Å². The maximum atomic E-state index is 13.7. The number of nitriles is 1. The molecule has 0 N–H and O–H groups in total. The van der Waals surface area contributed by atoms with Crippen LogP contribution in [0.5, 0.6) is 0 Å². The molecule has 0 bridgehead atoms. The molecule has 2 rings (SSSR count). The Morgan fingerprint density at radius 2 is 2.35 bits per heavy atom. The third-order valence-corrected chi connectivity index (χ3v) is 3.52. The predicted octanol–water partition coefficient (Wildman–Crippen LogP) is 2.93. The maximum Gasteiger partial charge on any atom is 0.129 e. The van der Waals surface area contributed by atoms with Gasteiger partial charge in [-0.3, -0.25) is 4.90 Å². The lowest BCUT2D eigenvalue weighted by molar-refractivity contribution is 0.310. The number of rotatable bonds is 3. The molecule has 0 saturated carbocycles. The van der Waals surface area contributed by atoms with Crippen LogP contribution in [0.15, 0.2) is 18.2 Å². The van der Waals surface area contributed by atoms with E-state index in [0.29, 0.717) is 17.7 Å². The lowest BCUT2D eigenvalue weighted by atomic mass is 10.1. The van der Waals surface area contributed by atoms with E-state index in [1.165, 1.54) is 18.9 Å². The smallest absolute Gasteiger partial charge is 0.129 e. The zero-order valence-corrected chi connectivity index (χ0v) is 10.1. The van der Waals surface area contributed by atoms with Crippen molar-refractivity contribution < 1.29 is 4.39 Å². The molecule has 0 spiro atoms. The lowest BCUT2D eigenvalue weighted by Crippen LogP contribution is -2.20. The molecule has 1 aliphatic rings. The summed E-state index contributed by atoms with van der Waals surface area (Å²) in [6.07, 6.45) is 2.42. The van der Waals surface area contributed by atoms with E-state index in [1.807, 2.05) is 6.07 Å². The van der Waals surface area contributed by atoms with Crippen molar-refractivity contribution in [3.8, 4) is 6.07 Å². The molecule has 0 aromatic heterocycles. The Morgan fingerprint density at radius 1 is 1.53 bits per heavy atom. The first-order valence-corrected chi connectivity index (χ1v) is 6.13. The zero-order chi connectivity index (χ0) is 12.3. The predicted molar refractivity (Wildman–Crippen MR) is 64.8 cm³/mol. The van der Waals surface area contributed by atoms with Crippen LogP contribution in [0.4, 0.5) is 4.39 Å². The molecule has 1 aliphatic heterocycles. The molecule has 0 amide bonds. The van der Waals surface area contributed by atoms with Crippen LogP contribution in [0.3, 0.4) is 0 Å². The van der Waals surface area contributed by atoms with Crippen LogP contribution in [0.2, 0.25) is 0 Å². The summed E-state index contributed by atoms with van der Waals surface area (Å²) in [7, 11) is 0. The highest BCUT2D eigenvalue weighted by Crippen LogP contribution is 2.22. The molecule has 0 aliphatic carbocycles. The monoisotopic (exact) mass is 232 g/mol. The molecule has 1 aromatic rings. The molecule has 1 saturated heterocycles. The van der Waals surface area contributed by atoms with E-state index in [1.54, 1.807) is 12.1 Å². The number of hydrogen-bond acceptors (Lipinski definition) is 2. The first-order chi connectivity index (χ1) is 8.22. The fourth-order valence-electron chi connectivity index (χ4n) is 2.38. The van der Waals surface area contributed by atoms with E-state index in [-0.39, 0.29) is 5.82 Å². The van der Waals surface area contributed by atoms with Crippen molar-refractivity contribution in [1.82, 2.24) is 4.90 Å². The van der Waals surface area contributed by atoms with Gasteiger partial charge in [-0.1, -0.05) is 19.4 Å². The summed E-state index contributed by atoms with van der Waals surface area (Å²) in [4.78, 5) is 2.29. The second-order valence-corrected chi connectivity index (χ2v) is 4.72. The van der Waals surface area contributed by atoms with E-state index in [9.17, 15) is 4.39 Å². The Morgan fingerprint density at radius 3 is 2.94 bits per heavy atom. The van der Waals surface area contributed by atoms with Gasteiger partial charge in [0.15, 0.2) is 0 Å². The van der Waals surface area contributed by atoms with Gasteiger partial charge in [0.05, 0.1) is 11.6 Å². The summed E-state index contributed by atoms with van der Waals surface area (Å²) in [6, 6.07) is 6.69. The fourth-order valence-corrected chi connectivity index (χ4v) is 2.38. The van der Waals surface area contributed by atoms with Gasteiger partial charge in [-0.25, -0.2) is 4.39 Å². The van der Waals surface area contributed by atoms with Crippen LogP contribution in [-0.4, -0.2) is 18.0 Å². The molecule has 1 atom stereocenters. The van der Waals surface area contributed by atoms with E-state index < -0.39 is 0 Å². The topological polar surface area (TPSA) is 27.0 Å². The van der Waals surface area contributed by atoms with Crippen LogP contribution < -0.4 is 0 Å². The van der Waals surface area contributed by atoms with Gasteiger partial charge in [-0.05, 0) is 31.0 Å². The summed E-state index contributed by atoms with van der Waals surface area (Å²) in [5.41, 5.74) is 1.08. The highest BCUT2D eigenvalue weighted by Gasteiger charge is 2.21. The maximum absolute atomic E-state index is 13.7. The van der Waals surface area contributed by atoms with E-state index in [0.717, 1.165) is 19.0 Å². The van der Waals surface area contributed by atoms with Gasteiger partial charge < -0.3 is 0 Å². The van der Waals surface area contributed by atoms with Gasteiger partial charge in [0.25, 0.3) is 0 Å². The van der Waals surface area contributed by atoms with Crippen LogP contribution in [0, 0.1) is 23.1 Å². The normalized spacial score (nSPS) is 20.4. The molecule has 1 fully saturated rings. The minimum atomic E-state index is -0.260. The average molecular weight is 232 g/mol. The van der Waals surface area contributed by atoms with Crippen LogP contribution in [0.25, 0.3) is 0 Å². The molecule has 17 heavy (non-hydrogen) atoms. The Labute approximate surface area is 102 Å². The van der Waals surface area contributed by atoms with E-state index in [2.05, 4.69) is 11.8 Å². The van der Waals surface area contributed by atoms with Crippen molar-refractivity contribution in [3.05, 3.63) is 35.1 Å². The number of nitrogens with zero attached hydrogens (tertiary/aromatic N) is 2.